The van der Waals surface area contributed by atoms with Gasteiger partial charge in [0.25, 0.3) is 0 Å². The lowest BCUT2D eigenvalue weighted by atomic mass is 10.2. The number of methoxy groups -OCH3 is 1. The molecule has 90 valence electrons. The van der Waals surface area contributed by atoms with Crippen LogP contribution in [0.3, 0.4) is 0 Å². The Bertz CT molecular complexity index is 566. The Morgan fingerprint density at radius 1 is 1.41 bits per heavy atom. The zero-order valence-corrected chi connectivity index (χ0v) is 10.4. The zero-order chi connectivity index (χ0) is 12.6. The minimum Gasteiger partial charge on any atom is -0.464 e. The summed E-state index contributed by atoms with van der Waals surface area (Å²) in [4.78, 5) is 14.7. The Morgan fingerprint density at radius 3 is 2.65 bits per heavy atom. The van der Waals surface area contributed by atoms with E-state index in [1.807, 2.05) is 19.9 Å². The molecule has 5 heteroatoms. The standard InChI is InChI=1S/C12H15N3O2/c1-7-5-9(8(2)13-7)10-6-11(12(16)17-4)15(3)14-10/h5-6,13H,1-4H3. The SMILES string of the molecule is COC(=O)c1cc(-c2cc(C)[nH]c2C)nn1C. The van der Waals surface area contributed by atoms with Crippen molar-refractivity contribution in [2.24, 2.45) is 7.05 Å². The number of aromatic nitrogens is 3. The third-order valence-electron chi connectivity index (χ3n) is 2.70. The van der Waals surface area contributed by atoms with Gasteiger partial charge in [0.2, 0.25) is 0 Å². The first-order valence-corrected chi connectivity index (χ1v) is 5.32. The Labute approximate surface area is 99.4 Å². The molecule has 0 bridgehead atoms. The lowest BCUT2D eigenvalue weighted by molar-refractivity contribution is 0.0588. The molecule has 0 atom stereocenters. The van der Waals surface area contributed by atoms with Gasteiger partial charge in [-0.05, 0) is 26.0 Å². The predicted octanol–water partition coefficient (Wildman–Crippen LogP) is 1.82. The molecular weight excluding hydrogens is 218 g/mol. The van der Waals surface area contributed by atoms with Crippen molar-refractivity contribution in [1.29, 1.82) is 0 Å². The van der Waals surface area contributed by atoms with Gasteiger partial charge in [-0.3, -0.25) is 4.68 Å². The molecule has 2 rings (SSSR count). The number of hydrogen-bond acceptors (Lipinski definition) is 3. The Morgan fingerprint density at radius 2 is 2.12 bits per heavy atom. The first-order valence-electron chi connectivity index (χ1n) is 5.32. The highest BCUT2D eigenvalue weighted by molar-refractivity contribution is 5.89. The smallest absolute Gasteiger partial charge is 0.356 e. The maximum atomic E-state index is 11.5. The van der Waals surface area contributed by atoms with Crippen LogP contribution in [-0.2, 0) is 11.8 Å². The van der Waals surface area contributed by atoms with Crippen molar-refractivity contribution in [2.45, 2.75) is 13.8 Å². The minimum atomic E-state index is -0.379. The molecule has 0 saturated carbocycles. The molecule has 2 aromatic rings. The molecule has 1 N–H and O–H groups in total. The van der Waals surface area contributed by atoms with E-state index in [0.717, 1.165) is 22.6 Å². The first kappa shape index (κ1) is 11.4. The number of rotatable bonds is 2. The van der Waals surface area contributed by atoms with E-state index in [2.05, 4.69) is 10.1 Å². The number of carbonyl (C=O) groups is 1. The summed E-state index contributed by atoms with van der Waals surface area (Å²) < 4.78 is 6.22. The Hall–Kier alpha value is -2.04. The number of nitrogens with one attached hydrogen (secondary N) is 1. The highest BCUT2D eigenvalue weighted by Gasteiger charge is 2.16. The van der Waals surface area contributed by atoms with E-state index in [-0.39, 0.29) is 5.97 Å². The van der Waals surface area contributed by atoms with Crippen LogP contribution in [0.5, 0.6) is 0 Å². The van der Waals surface area contributed by atoms with E-state index in [1.165, 1.54) is 11.8 Å². The van der Waals surface area contributed by atoms with Gasteiger partial charge in [-0.25, -0.2) is 4.79 Å². The van der Waals surface area contributed by atoms with Crippen molar-refractivity contribution in [3.8, 4) is 11.3 Å². The van der Waals surface area contributed by atoms with E-state index < -0.39 is 0 Å². The van der Waals surface area contributed by atoms with Gasteiger partial charge >= 0.3 is 5.97 Å². The van der Waals surface area contributed by atoms with Crippen molar-refractivity contribution in [3.05, 3.63) is 29.2 Å². The molecule has 0 radical (unpaired) electrons. The van der Waals surface area contributed by atoms with Crippen molar-refractivity contribution < 1.29 is 9.53 Å². The maximum Gasteiger partial charge on any atom is 0.356 e. The molecule has 17 heavy (non-hydrogen) atoms. The average Bonchev–Trinajstić information content (AvgIpc) is 2.80. The number of esters is 1. The second-order valence-electron chi connectivity index (χ2n) is 4.02. The molecule has 5 nitrogen and oxygen atoms in total. The van der Waals surface area contributed by atoms with Crippen LogP contribution >= 0.6 is 0 Å². The van der Waals surface area contributed by atoms with Gasteiger partial charge in [0.15, 0.2) is 0 Å². The molecule has 0 amide bonds. The van der Waals surface area contributed by atoms with Crippen molar-refractivity contribution in [3.63, 3.8) is 0 Å². The maximum absolute atomic E-state index is 11.5. The van der Waals surface area contributed by atoms with Gasteiger partial charge in [-0.1, -0.05) is 0 Å². The van der Waals surface area contributed by atoms with Crippen LogP contribution in [0.25, 0.3) is 11.3 Å². The highest BCUT2D eigenvalue weighted by atomic mass is 16.5. The van der Waals surface area contributed by atoms with Crippen LogP contribution in [0.15, 0.2) is 12.1 Å². The van der Waals surface area contributed by atoms with Crippen LogP contribution in [0.1, 0.15) is 21.9 Å². The largest absolute Gasteiger partial charge is 0.464 e. The van der Waals surface area contributed by atoms with Crippen molar-refractivity contribution >= 4 is 5.97 Å². The van der Waals surface area contributed by atoms with Gasteiger partial charge in [-0.15, -0.1) is 0 Å². The lowest BCUT2D eigenvalue weighted by Gasteiger charge is -1.96. The first-order chi connectivity index (χ1) is 8.02. The number of aryl methyl sites for hydroxylation is 3. The van der Waals surface area contributed by atoms with Gasteiger partial charge in [0, 0.05) is 24.0 Å². The molecule has 0 aromatic carbocycles. The molecule has 0 aliphatic carbocycles. The van der Waals surface area contributed by atoms with Crippen molar-refractivity contribution in [2.75, 3.05) is 7.11 Å². The quantitative estimate of drug-likeness (QED) is 0.805. The Balaban J connectivity index is 2.48. The normalized spacial score (nSPS) is 10.6. The van der Waals surface area contributed by atoms with Crippen molar-refractivity contribution in [1.82, 2.24) is 14.8 Å². The Kier molecular flexibility index (Phi) is 2.75. The van der Waals surface area contributed by atoms with Crippen LogP contribution < -0.4 is 0 Å². The summed E-state index contributed by atoms with van der Waals surface area (Å²) in [6.45, 7) is 3.97. The topological polar surface area (TPSA) is 59.9 Å². The number of ether oxygens (including phenoxy) is 1. The summed E-state index contributed by atoms with van der Waals surface area (Å²) in [5.41, 5.74) is 4.34. The fraction of sp³-hybridized carbons (Fsp3) is 0.333. The molecular formula is C12H15N3O2. The van der Waals surface area contributed by atoms with E-state index in [1.54, 1.807) is 13.1 Å². The molecule has 0 unspecified atom stereocenters. The minimum absolute atomic E-state index is 0.379. The fourth-order valence-electron chi connectivity index (χ4n) is 1.88. The molecule has 0 aliphatic rings. The van der Waals surface area contributed by atoms with E-state index >= 15 is 0 Å². The number of carbonyl (C=O) groups excluding carboxylic acids is 1. The number of nitrogens with zero attached hydrogens (tertiary/aromatic N) is 2. The van der Waals surface area contributed by atoms with E-state index in [9.17, 15) is 4.79 Å². The van der Waals surface area contributed by atoms with Gasteiger partial charge in [0.05, 0.1) is 12.8 Å². The van der Waals surface area contributed by atoms with Crippen LogP contribution in [0.2, 0.25) is 0 Å². The third-order valence-corrected chi connectivity index (χ3v) is 2.70. The van der Waals surface area contributed by atoms with Gasteiger partial charge in [-0.2, -0.15) is 5.10 Å². The fourth-order valence-corrected chi connectivity index (χ4v) is 1.88. The summed E-state index contributed by atoms with van der Waals surface area (Å²) in [5, 5.41) is 4.32. The highest BCUT2D eigenvalue weighted by Crippen LogP contribution is 2.23. The van der Waals surface area contributed by atoms with E-state index in [4.69, 9.17) is 4.74 Å². The third kappa shape index (κ3) is 1.95. The monoisotopic (exact) mass is 233 g/mol. The van der Waals surface area contributed by atoms with Crippen LogP contribution in [0, 0.1) is 13.8 Å². The summed E-state index contributed by atoms with van der Waals surface area (Å²) >= 11 is 0. The van der Waals surface area contributed by atoms with Crippen LogP contribution in [-0.4, -0.2) is 27.8 Å². The van der Waals surface area contributed by atoms with Crippen LogP contribution in [0.4, 0.5) is 0 Å². The van der Waals surface area contributed by atoms with E-state index in [0.29, 0.717) is 5.69 Å². The lowest BCUT2D eigenvalue weighted by Crippen LogP contribution is -2.07. The second kappa shape index (κ2) is 4.08. The van der Waals surface area contributed by atoms with Gasteiger partial charge in [0.1, 0.15) is 5.69 Å². The molecule has 0 spiro atoms. The number of hydrogen-bond donors (Lipinski definition) is 1. The predicted molar refractivity (Wildman–Crippen MR) is 63.8 cm³/mol. The number of aromatic amines is 1. The molecule has 0 fully saturated rings. The van der Waals surface area contributed by atoms with Gasteiger partial charge < -0.3 is 9.72 Å². The molecule has 2 aromatic heterocycles. The zero-order valence-electron chi connectivity index (χ0n) is 10.4. The summed E-state index contributed by atoms with van der Waals surface area (Å²) in [6.07, 6.45) is 0. The molecule has 0 saturated heterocycles. The summed E-state index contributed by atoms with van der Waals surface area (Å²) in [7, 11) is 3.09. The molecule has 2 heterocycles. The average molecular weight is 233 g/mol. The summed E-state index contributed by atoms with van der Waals surface area (Å²) in [5.74, 6) is -0.379. The summed E-state index contributed by atoms with van der Waals surface area (Å²) in [6, 6.07) is 3.75. The number of H-pyrrole nitrogens is 1. The molecule has 0 aliphatic heterocycles. The second-order valence-corrected chi connectivity index (χ2v) is 4.02.